The highest BCUT2D eigenvalue weighted by molar-refractivity contribution is 6.21. The molecule has 5 nitrogen and oxygen atoms in total. The van der Waals surface area contributed by atoms with Crippen molar-refractivity contribution in [3.63, 3.8) is 0 Å². The number of aliphatic hydroxyl groups excluding tert-OH is 1. The standard InChI is InChI=1S/C32H35NO4/c1-20-12-7-8-13-24(20)31(3,4)21(2)18-22-29(36)23(30(22)37)19-27-32(5,6)25-14-9-10-15-26(25)33(27)17-11-16-28(34)35/h7-10,12-15,18-19,36H,2,11,16-17H2,1,3-6H3,(H,34,35)/b22-18-,27-19-. The number of aliphatic carboxylic acids is 1. The number of carboxylic acid groups (broad SMARTS) is 1. The Labute approximate surface area is 219 Å². The van der Waals surface area contributed by atoms with E-state index in [1.807, 2.05) is 30.3 Å². The summed E-state index contributed by atoms with van der Waals surface area (Å²) in [6.45, 7) is 15.1. The van der Waals surface area contributed by atoms with Gasteiger partial charge in [-0.15, -0.1) is 0 Å². The van der Waals surface area contributed by atoms with Gasteiger partial charge in [-0.1, -0.05) is 76.7 Å². The molecule has 1 heterocycles. The van der Waals surface area contributed by atoms with Gasteiger partial charge in [-0.05, 0) is 53.8 Å². The number of fused-ring (bicyclic) bond motifs is 1. The Bertz CT molecular complexity index is 1390. The van der Waals surface area contributed by atoms with Crippen LogP contribution in [0.1, 0.15) is 57.2 Å². The summed E-state index contributed by atoms with van der Waals surface area (Å²) in [4.78, 5) is 26.4. The Hall–Kier alpha value is -3.86. The molecule has 2 aromatic rings. The number of hydrogen-bond acceptors (Lipinski definition) is 4. The molecule has 37 heavy (non-hydrogen) atoms. The number of para-hydroxylation sites is 1. The van der Waals surface area contributed by atoms with E-state index in [-0.39, 0.29) is 29.1 Å². The average Bonchev–Trinajstić information content (AvgIpc) is 3.06. The molecule has 0 saturated carbocycles. The van der Waals surface area contributed by atoms with Crippen LogP contribution in [0.15, 0.2) is 95.4 Å². The first-order valence-corrected chi connectivity index (χ1v) is 12.6. The van der Waals surface area contributed by atoms with Crippen molar-refractivity contribution in [2.24, 2.45) is 0 Å². The predicted octanol–water partition coefficient (Wildman–Crippen LogP) is 6.70. The molecule has 0 bridgehead atoms. The molecule has 2 aromatic carbocycles. The topological polar surface area (TPSA) is 77.8 Å². The molecule has 5 heteroatoms. The highest BCUT2D eigenvalue weighted by Gasteiger charge is 2.42. The monoisotopic (exact) mass is 497 g/mol. The van der Waals surface area contributed by atoms with E-state index in [1.165, 1.54) is 0 Å². The number of rotatable bonds is 8. The second-order valence-electron chi connectivity index (χ2n) is 10.9. The van der Waals surface area contributed by atoms with Gasteiger partial charge in [-0.25, -0.2) is 0 Å². The van der Waals surface area contributed by atoms with E-state index in [2.05, 4.69) is 64.3 Å². The number of benzene rings is 2. The molecule has 1 aliphatic carbocycles. The minimum Gasteiger partial charge on any atom is -0.506 e. The van der Waals surface area contributed by atoms with Crippen molar-refractivity contribution in [2.45, 2.75) is 58.3 Å². The zero-order valence-electron chi connectivity index (χ0n) is 22.3. The van der Waals surface area contributed by atoms with Crippen LogP contribution in [0.5, 0.6) is 0 Å². The van der Waals surface area contributed by atoms with E-state index in [1.54, 1.807) is 12.2 Å². The van der Waals surface area contributed by atoms with Crippen LogP contribution in [0.3, 0.4) is 0 Å². The number of carbonyl (C=O) groups excluding carboxylic acids is 1. The number of carboxylic acids is 1. The van der Waals surface area contributed by atoms with Crippen LogP contribution in [0.4, 0.5) is 5.69 Å². The van der Waals surface area contributed by atoms with E-state index >= 15 is 0 Å². The maximum absolute atomic E-state index is 13.3. The Kier molecular flexibility index (Phi) is 6.76. The fourth-order valence-corrected chi connectivity index (χ4v) is 5.38. The van der Waals surface area contributed by atoms with E-state index < -0.39 is 16.8 Å². The lowest BCUT2D eigenvalue weighted by Gasteiger charge is -2.31. The van der Waals surface area contributed by atoms with Gasteiger partial charge in [0.2, 0.25) is 5.78 Å². The molecule has 0 amide bonds. The lowest BCUT2D eigenvalue weighted by atomic mass is 9.74. The Morgan fingerprint density at radius 1 is 1.11 bits per heavy atom. The summed E-state index contributed by atoms with van der Waals surface area (Å²) >= 11 is 0. The fraction of sp³-hybridized carbons (Fsp3) is 0.312. The second kappa shape index (κ2) is 9.55. The number of anilines is 1. The van der Waals surface area contributed by atoms with Gasteiger partial charge in [0.25, 0.3) is 0 Å². The third-order valence-corrected chi connectivity index (χ3v) is 7.79. The number of Topliss-reactive ketones (excluding diaryl/α,β-unsaturated/α-hetero) is 1. The summed E-state index contributed by atoms with van der Waals surface area (Å²) in [7, 11) is 0. The molecule has 0 aromatic heterocycles. The van der Waals surface area contributed by atoms with Crippen LogP contribution in [0.25, 0.3) is 0 Å². The fourth-order valence-electron chi connectivity index (χ4n) is 5.38. The summed E-state index contributed by atoms with van der Waals surface area (Å²) in [5.41, 5.74) is 5.69. The largest absolute Gasteiger partial charge is 0.506 e. The van der Waals surface area contributed by atoms with Gasteiger partial charge < -0.3 is 15.1 Å². The number of aliphatic hydroxyl groups is 1. The van der Waals surface area contributed by atoms with Gasteiger partial charge in [0.15, 0.2) is 0 Å². The quantitative estimate of drug-likeness (QED) is 0.397. The molecule has 0 radical (unpaired) electrons. The first-order valence-electron chi connectivity index (χ1n) is 12.6. The van der Waals surface area contributed by atoms with Crippen molar-refractivity contribution >= 4 is 17.4 Å². The number of allylic oxidation sites excluding steroid dienone is 6. The highest BCUT2D eigenvalue weighted by atomic mass is 16.4. The van der Waals surface area contributed by atoms with E-state index in [9.17, 15) is 14.7 Å². The first kappa shape index (κ1) is 26.2. The maximum Gasteiger partial charge on any atom is 0.303 e. The van der Waals surface area contributed by atoms with Crippen LogP contribution in [-0.2, 0) is 20.4 Å². The number of hydrogen-bond donors (Lipinski definition) is 2. The van der Waals surface area contributed by atoms with Gasteiger partial charge in [0, 0.05) is 35.2 Å². The average molecular weight is 498 g/mol. The third-order valence-electron chi connectivity index (χ3n) is 7.79. The van der Waals surface area contributed by atoms with Gasteiger partial charge in [-0.3, -0.25) is 9.59 Å². The SMILES string of the molecule is C=C(/C=C1\C(=O)C(/C=C2\N(CCCC(=O)O)c3ccccc3C2(C)C)=C1O)C(C)(C)c1ccccc1C. The lowest BCUT2D eigenvalue weighted by molar-refractivity contribution is -0.137. The van der Waals surface area contributed by atoms with Gasteiger partial charge >= 0.3 is 5.97 Å². The molecular weight excluding hydrogens is 462 g/mol. The van der Waals surface area contributed by atoms with Crippen molar-refractivity contribution in [1.29, 1.82) is 0 Å². The Morgan fingerprint density at radius 2 is 1.76 bits per heavy atom. The number of nitrogens with zero attached hydrogens (tertiary/aromatic N) is 1. The Morgan fingerprint density at radius 3 is 2.41 bits per heavy atom. The molecule has 0 fully saturated rings. The summed E-state index contributed by atoms with van der Waals surface area (Å²) in [6, 6.07) is 16.1. The van der Waals surface area contributed by atoms with Gasteiger partial charge in [-0.2, -0.15) is 0 Å². The molecule has 0 atom stereocenters. The molecule has 2 N–H and O–H groups in total. The van der Waals surface area contributed by atoms with Crippen LogP contribution in [-0.4, -0.2) is 28.5 Å². The van der Waals surface area contributed by atoms with Crippen molar-refractivity contribution in [3.05, 3.63) is 112 Å². The van der Waals surface area contributed by atoms with Crippen molar-refractivity contribution in [1.82, 2.24) is 0 Å². The molecule has 2 aliphatic rings. The van der Waals surface area contributed by atoms with Crippen molar-refractivity contribution < 1.29 is 19.8 Å². The van der Waals surface area contributed by atoms with E-state index in [0.717, 1.165) is 33.6 Å². The molecule has 4 rings (SSSR count). The zero-order valence-corrected chi connectivity index (χ0v) is 22.3. The molecule has 0 unspecified atom stereocenters. The summed E-state index contributed by atoms with van der Waals surface area (Å²) < 4.78 is 0. The molecular formula is C32H35NO4. The summed E-state index contributed by atoms with van der Waals surface area (Å²) in [5.74, 6) is -1.09. The van der Waals surface area contributed by atoms with Crippen molar-refractivity contribution in [2.75, 3.05) is 11.4 Å². The van der Waals surface area contributed by atoms with Gasteiger partial charge in [0.1, 0.15) is 5.76 Å². The van der Waals surface area contributed by atoms with Gasteiger partial charge in [0.05, 0.1) is 11.1 Å². The number of ketones is 1. The number of aryl methyl sites for hydroxylation is 1. The number of carbonyl (C=O) groups is 2. The second-order valence-corrected chi connectivity index (χ2v) is 10.9. The minimum atomic E-state index is -0.838. The van der Waals surface area contributed by atoms with Crippen LogP contribution >= 0.6 is 0 Å². The van der Waals surface area contributed by atoms with Crippen LogP contribution < -0.4 is 4.90 Å². The zero-order chi connectivity index (χ0) is 27.1. The molecule has 0 spiro atoms. The van der Waals surface area contributed by atoms with Crippen LogP contribution in [0, 0.1) is 6.92 Å². The first-order chi connectivity index (χ1) is 17.4. The lowest BCUT2D eigenvalue weighted by Crippen LogP contribution is -2.30. The predicted molar refractivity (Wildman–Crippen MR) is 148 cm³/mol. The summed E-state index contributed by atoms with van der Waals surface area (Å²) in [6.07, 6.45) is 4.00. The van der Waals surface area contributed by atoms with E-state index in [4.69, 9.17) is 5.11 Å². The highest BCUT2D eigenvalue weighted by Crippen LogP contribution is 2.49. The normalized spacial score (nSPS) is 18.8. The smallest absolute Gasteiger partial charge is 0.303 e. The summed E-state index contributed by atoms with van der Waals surface area (Å²) in [5, 5.41) is 20.1. The molecule has 192 valence electrons. The maximum atomic E-state index is 13.3. The van der Waals surface area contributed by atoms with Crippen molar-refractivity contribution in [3.8, 4) is 0 Å². The molecule has 0 saturated heterocycles. The Balaban J connectivity index is 1.68. The third kappa shape index (κ3) is 4.55. The van der Waals surface area contributed by atoms with Crippen LogP contribution in [0.2, 0.25) is 0 Å². The minimum absolute atomic E-state index is 0.0310. The van der Waals surface area contributed by atoms with E-state index in [0.29, 0.717) is 13.0 Å². The molecule has 1 aliphatic heterocycles.